The van der Waals surface area contributed by atoms with E-state index in [2.05, 4.69) is 9.72 Å². The molecule has 0 bridgehead atoms. The van der Waals surface area contributed by atoms with E-state index in [1.807, 2.05) is 0 Å². The van der Waals surface area contributed by atoms with E-state index in [0.29, 0.717) is 12.2 Å². The van der Waals surface area contributed by atoms with Gasteiger partial charge >= 0.3 is 5.97 Å². The molecule has 1 N–H and O–H groups in total. The summed E-state index contributed by atoms with van der Waals surface area (Å²) in [6.07, 6.45) is 1.76. The van der Waals surface area contributed by atoms with Gasteiger partial charge in [0.2, 0.25) is 5.91 Å². The van der Waals surface area contributed by atoms with Crippen molar-refractivity contribution in [1.29, 1.82) is 0 Å². The second-order valence-corrected chi connectivity index (χ2v) is 4.12. The normalized spacial score (nSPS) is 19.1. The van der Waals surface area contributed by atoms with Gasteiger partial charge in [0.1, 0.15) is 0 Å². The summed E-state index contributed by atoms with van der Waals surface area (Å²) in [4.78, 5) is 28.8. The summed E-state index contributed by atoms with van der Waals surface area (Å²) in [5.74, 6) is -0.791. The number of aliphatic hydroxyl groups is 1. The van der Waals surface area contributed by atoms with Crippen molar-refractivity contribution in [3.63, 3.8) is 0 Å². The SMILES string of the molecule is COC(=O)c1ncccc1N1CC(CO)CC1=O. The van der Waals surface area contributed by atoms with Crippen LogP contribution in [0.2, 0.25) is 0 Å². The molecular weight excluding hydrogens is 236 g/mol. The van der Waals surface area contributed by atoms with Crippen LogP contribution in [0, 0.1) is 5.92 Å². The molecule has 1 aromatic heterocycles. The van der Waals surface area contributed by atoms with Crippen molar-refractivity contribution in [1.82, 2.24) is 4.98 Å². The molecule has 0 aromatic carbocycles. The quantitative estimate of drug-likeness (QED) is 0.776. The molecule has 2 rings (SSSR count). The zero-order chi connectivity index (χ0) is 13.1. The van der Waals surface area contributed by atoms with Crippen molar-refractivity contribution in [2.75, 3.05) is 25.2 Å². The molecule has 6 nitrogen and oxygen atoms in total. The minimum absolute atomic E-state index is 0.0456. The Kier molecular flexibility index (Phi) is 3.57. The molecule has 0 saturated carbocycles. The number of hydrogen-bond donors (Lipinski definition) is 1. The number of nitrogens with zero attached hydrogens (tertiary/aromatic N) is 2. The van der Waals surface area contributed by atoms with Crippen LogP contribution < -0.4 is 4.90 Å². The molecule has 2 heterocycles. The molecule has 6 heteroatoms. The molecule has 0 aliphatic carbocycles. The van der Waals surface area contributed by atoms with E-state index < -0.39 is 5.97 Å². The van der Waals surface area contributed by atoms with Gasteiger partial charge < -0.3 is 14.7 Å². The van der Waals surface area contributed by atoms with Gasteiger partial charge in [0.25, 0.3) is 0 Å². The Morgan fingerprint density at radius 2 is 2.44 bits per heavy atom. The van der Waals surface area contributed by atoms with Crippen molar-refractivity contribution in [3.05, 3.63) is 24.0 Å². The van der Waals surface area contributed by atoms with Crippen molar-refractivity contribution in [2.45, 2.75) is 6.42 Å². The highest BCUT2D eigenvalue weighted by Crippen LogP contribution is 2.27. The molecule has 0 spiro atoms. The van der Waals surface area contributed by atoms with Gasteiger partial charge in [-0.15, -0.1) is 0 Å². The van der Waals surface area contributed by atoms with Gasteiger partial charge in [-0.05, 0) is 12.1 Å². The zero-order valence-corrected chi connectivity index (χ0v) is 10.00. The van der Waals surface area contributed by atoms with Crippen molar-refractivity contribution < 1.29 is 19.4 Å². The molecule has 1 unspecified atom stereocenters. The van der Waals surface area contributed by atoms with Gasteiger partial charge in [-0.25, -0.2) is 9.78 Å². The number of hydrogen-bond acceptors (Lipinski definition) is 5. The van der Waals surface area contributed by atoms with E-state index in [-0.39, 0.29) is 30.5 Å². The van der Waals surface area contributed by atoms with E-state index in [0.717, 1.165) is 0 Å². The van der Waals surface area contributed by atoms with Crippen LogP contribution in [0.25, 0.3) is 0 Å². The number of carbonyl (C=O) groups is 2. The minimum atomic E-state index is -0.578. The monoisotopic (exact) mass is 250 g/mol. The lowest BCUT2D eigenvalue weighted by atomic mass is 10.1. The van der Waals surface area contributed by atoms with Crippen LogP contribution in [0.5, 0.6) is 0 Å². The largest absolute Gasteiger partial charge is 0.464 e. The Hall–Kier alpha value is -1.95. The van der Waals surface area contributed by atoms with Crippen molar-refractivity contribution >= 4 is 17.6 Å². The van der Waals surface area contributed by atoms with Crippen LogP contribution in [0.1, 0.15) is 16.9 Å². The number of aromatic nitrogens is 1. The lowest BCUT2D eigenvalue weighted by Gasteiger charge is -2.18. The predicted octanol–water partition coefficient (Wildman–Crippen LogP) is 0.213. The molecule has 96 valence electrons. The Balaban J connectivity index is 2.34. The molecule has 0 radical (unpaired) electrons. The number of amides is 1. The molecule has 1 atom stereocenters. The molecular formula is C12H14N2O4. The molecule has 1 aliphatic heterocycles. The smallest absolute Gasteiger partial charge is 0.358 e. The summed E-state index contributed by atoms with van der Waals surface area (Å²) in [6, 6.07) is 3.30. The van der Waals surface area contributed by atoms with E-state index >= 15 is 0 Å². The Morgan fingerprint density at radius 1 is 1.67 bits per heavy atom. The average Bonchev–Trinajstić information content (AvgIpc) is 2.79. The van der Waals surface area contributed by atoms with Crippen LogP contribution in [-0.2, 0) is 9.53 Å². The molecule has 18 heavy (non-hydrogen) atoms. The highest BCUT2D eigenvalue weighted by molar-refractivity contribution is 6.02. The molecule has 1 aliphatic rings. The maximum atomic E-state index is 11.8. The lowest BCUT2D eigenvalue weighted by molar-refractivity contribution is -0.117. The molecule has 1 aromatic rings. The van der Waals surface area contributed by atoms with Crippen LogP contribution in [-0.4, -0.2) is 42.2 Å². The fourth-order valence-electron chi connectivity index (χ4n) is 2.01. The highest BCUT2D eigenvalue weighted by Gasteiger charge is 2.32. The van der Waals surface area contributed by atoms with E-state index in [1.165, 1.54) is 18.2 Å². The summed E-state index contributed by atoms with van der Waals surface area (Å²) in [6.45, 7) is 0.348. The number of rotatable bonds is 3. The minimum Gasteiger partial charge on any atom is -0.464 e. The van der Waals surface area contributed by atoms with Gasteiger partial charge in [0.15, 0.2) is 5.69 Å². The fraction of sp³-hybridized carbons (Fsp3) is 0.417. The lowest BCUT2D eigenvalue weighted by Crippen LogP contribution is -2.27. The number of ether oxygens (including phenoxy) is 1. The van der Waals surface area contributed by atoms with Crippen LogP contribution in [0.3, 0.4) is 0 Å². The van der Waals surface area contributed by atoms with Crippen molar-refractivity contribution in [2.24, 2.45) is 5.92 Å². The Bertz CT molecular complexity index is 475. The van der Waals surface area contributed by atoms with Crippen molar-refractivity contribution in [3.8, 4) is 0 Å². The average molecular weight is 250 g/mol. The first-order valence-corrected chi connectivity index (χ1v) is 5.62. The van der Waals surface area contributed by atoms with E-state index in [1.54, 1.807) is 12.1 Å². The summed E-state index contributed by atoms with van der Waals surface area (Å²) in [5, 5.41) is 9.09. The summed E-state index contributed by atoms with van der Waals surface area (Å²) >= 11 is 0. The van der Waals surface area contributed by atoms with Crippen LogP contribution >= 0.6 is 0 Å². The van der Waals surface area contributed by atoms with E-state index in [4.69, 9.17) is 5.11 Å². The summed E-state index contributed by atoms with van der Waals surface area (Å²) < 4.78 is 4.64. The number of pyridine rings is 1. The highest BCUT2D eigenvalue weighted by atomic mass is 16.5. The first-order chi connectivity index (χ1) is 8.67. The predicted molar refractivity (Wildman–Crippen MR) is 63.1 cm³/mol. The first kappa shape index (κ1) is 12.5. The first-order valence-electron chi connectivity index (χ1n) is 5.62. The maximum Gasteiger partial charge on any atom is 0.358 e. The second-order valence-electron chi connectivity index (χ2n) is 4.12. The van der Waals surface area contributed by atoms with Gasteiger partial charge in [0.05, 0.1) is 12.8 Å². The third-order valence-corrected chi connectivity index (χ3v) is 2.92. The Labute approximate surface area is 104 Å². The number of aliphatic hydroxyl groups excluding tert-OH is 1. The molecule has 1 fully saturated rings. The number of carbonyl (C=O) groups excluding carboxylic acids is 2. The third-order valence-electron chi connectivity index (χ3n) is 2.92. The summed E-state index contributed by atoms with van der Waals surface area (Å²) in [5.41, 5.74) is 0.553. The standard InChI is InChI=1S/C12H14N2O4/c1-18-12(17)11-9(3-2-4-13-11)14-6-8(7-15)5-10(14)16/h2-4,8,15H,5-7H2,1H3. The molecule has 1 saturated heterocycles. The van der Waals surface area contributed by atoms with Gasteiger partial charge in [-0.1, -0.05) is 0 Å². The zero-order valence-electron chi connectivity index (χ0n) is 10.00. The number of esters is 1. The fourth-order valence-corrected chi connectivity index (χ4v) is 2.01. The third kappa shape index (κ3) is 2.19. The van der Waals surface area contributed by atoms with Gasteiger partial charge in [-0.3, -0.25) is 4.79 Å². The van der Waals surface area contributed by atoms with E-state index in [9.17, 15) is 9.59 Å². The van der Waals surface area contributed by atoms with Gasteiger partial charge in [0, 0.05) is 31.7 Å². The number of anilines is 1. The molecule has 1 amide bonds. The van der Waals surface area contributed by atoms with Crippen LogP contribution in [0.4, 0.5) is 5.69 Å². The van der Waals surface area contributed by atoms with Gasteiger partial charge in [-0.2, -0.15) is 0 Å². The Morgan fingerprint density at radius 3 is 3.06 bits per heavy atom. The maximum absolute atomic E-state index is 11.8. The topological polar surface area (TPSA) is 79.7 Å². The number of methoxy groups -OCH3 is 1. The second kappa shape index (κ2) is 5.14. The summed E-state index contributed by atoms with van der Waals surface area (Å²) in [7, 11) is 1.27. The van der Waals surface area contributed by atoms with Crippen LogP contribution in [0.15, 0.2) is 18.3 Å².